The summed E-state index contributed by atoms with van der Waals surface area (Å²) in [4.78, 5) is 4.62. The van der Waals surface area contributed by atoms with Crippen LogP contribution in [-0.2, 0) is 0 Å². The smallest absolute Gasteiger partial charge is 0.119 e. The molecule has 84 valence electrons. The van der Waals surface area contributed by atoms with Crippen LogP contribution < -0.4 is 4.74 Å². The number of aromatic nitrogens is 1. The van der Waals surface area contributed by atoms with Crippen LogP contribution in [0.1, 0.15) is 24.8 Å². The van der Waals surface area contributed by atoms with Gasteiger partial charge in [0.25, 0.3) is 0 Å². The fourth-order valence-electron chi connectivity index (χ4n) is 1.47. The zero-order chi connectivity index (χ0) is 11.5. The van der Waals surface area contributed by atoms with Gasteiger partial charge in [0.15, 0.2) is 0 Å². The van der Waals surface area contributed by atoms with Crippen LogP contribution in [0.15, 0.2) is 29.6 Å². The number of ether oxygens (including phenoxy) is 1. The van der Waals surface area contributed by atoms with E-state index < -0.39 is 0 Å². The Kier molecular flexibility index (Phi) is 3.25. The maximum atomic E-state index is 5.21. The van der Waals surface area contributed by atoms with Gasteiger partial charge in [0.2, 0.25) is 0 Å². The lowest BCUT2D eigenvalue weighted by molar-refractivity contribution is 0.415. The molecule has 0 radical (unpaired) electrons. The molecule has 3 heteroatoms. The van der Waals surface area contributed by atoms with Gasteiger partial charge in [-0.1, -0.05) is 26.0 Å². The lowest BCUT2D eigenvalue weighted by atomic mass is 10.1. The van der Waals surface area contributed by atoms with E-state index in [0.717, 1.165) is 17.0 Å². The van der Waals surface area contributed by atoms with Crippen LogP contribution in [0.4, 0.5) is 0 Å². The van der Waals surface area contributed by atoms with Gasteiger partial charge in [0.1, 0.15) is 5.75 Å². The Morgan fingerprint density at radius 3 is 2.75 bits per heavy atom. The molecular weight excluding hydrogens is 218 g/mol. The molecule has 0 aliphatic carbocycles. The highest BCUT2D eigenvalue weighted by Gasteiger charge is 2.07. The number of nitrogens with zero attached hydrogens (tertiary/aromatic N) is 1. The van der Waals surface area contributed by atoms with Crippen molar-refractivity contribution in [1.82, 2.24) is 4.98 Å². The Morgan fingerprint density at radius 2 is 2.12 bits per heavy atom. The van der Waals surface area contributed by atoms with Gasteiger partial charge in [-0.15, -0.1) is 11.3 Å². The van der Waals surface area contributed by atoms with Crippen molar-refractivity contribution in [3.8, 4) is 17.0 Å². The molecule has 2 nitrogen and oxygen atoms in total. The van der Waals surface area contributed by atoms with Crippen LogP contribution in [0.2, 0.25) is 0 Å². The molecule has 0 bridgehead atoms. The van der Waals surface area contributed by atoms with Gasteiger partial charge in [-0.25, -0.2) is 4.98 Å². The number of hydrogen-bond donors (Lipinski definition) is 0. The summed E-state index contributed by atoms with van der Waals surface area (Å²) in [5, 5.41) is 3.28. The van der Waals surface area contributed by atoms with Gasteiger partial charge in [0, 0.05) is 16.9 Å². The van der Waals surface area contributed by atoms with E-state index in [-0.39, 0.29) is 0 Å². The second-order valence-electron chi connectivity index (χ2n) is 3.96. The number of rotatable bonds is 3. The fourth-order valence-corrected chi connectivity index (χ4v) is 2.31. The van der Waals surface area contributed by atoms with Gasteiger partial charge in [-0.05, 0) is 12.1 Å². The fraction of sp³-hybridized carbons (Fsp3) is 0.308. The highest BCUT2D eigenvalue weighted by Crippen LogP contribution is 2.28. The SMILES string of the molecule is COc1cccc(-c2csc(C(C)C)n2)c1. The average molecular weight is 233 g/mol. The largest absolute Gasteiger partial charge is 0.497 e. The third kappa shape index (κ3) is 2.25. The first-order valence-corrected chi connectivity index (χ1v) is 6.18. The summed E-state index contributed by atoms with van der Waals surface area (Å²) in [6.45, 7) is 4.32. The molecule has 0 saturated carbocycles. The van der Waals surface area contributed by atoms with E-state index in [4.69, 9.17) is 4.74 Å². The van der Waals surface area contributed by atoms with Crippen molar-refractivity contribution in [2.24, 2.45) is 0 Å². The molecule has 0 atom stereocenters. The Labute approximate surface area is 99.9 Å². The van der Waals surface area contributed by atoms with E-state index in [2.05, 4.69) is 30.3 Å². The first-order valence-electron chi connectivity index (χ1n) is 5.30. The van der Waals surface area contributed by atoms with E-state index >= 15 is 0 Å². The molecule has 1 aromatic carbocycles. The van der Waals surface area contributed by atoms with Gasteiger partial charge in [-0.3, -0.25) is 0 Å². The van der Waals surface area contributed by atoms with Crippen LogP contribution in [0.5, 0.6) is 5.75 Å². The van der Waals surface area contributed by atoms with E-state index in [1.165, 1.54) is 5.01 Å². The van der Waals surface area contributed by atoms with Crippen molar-refractivity contribution in [3.05, 3.63) is 34.7 Å². The summed E-state index contributed by atoms with van der Waals surface area (Å²) in [5.41, 5.74) is 2.15. The van der Waals surface area contributed by atoms with Gasteiger partial charge in [-0.2, -0.15) is 0 Å². The molecule has 2 rings (SSSR count). The number of methoxy groups -OCH3 is 1. The summed E-state index contributed by atoms with van der Waals surface area (Å²) in [6.07, 6.45) is 0. The molecule has 0 N–H and O–H groups in total. The molecule has 0 unspecified atom stereocenters. The summed E-state index contributed by atoms with van der Waals surface area (Å²) in [7, 11) is 1.68. The van der Waals surface area contributed by atoms with Crippen LogP contribution >= 0.6 is 11.3 Å². The molecular formula is C13H15NOS. The number of hydrogen-bond acceptors (Lipinski definition) is 3. The third-order valence-electron chi connectivity index (χ3n) is 2.38. The number of thiazole rings is 1. The van der Waals surface area contributed by atoms with Crippen LogP contribution in [0.25, 0.3) is 11.3 Å². The molecule has 0 aliphatic rings. The van der Waals surface area contributed by atoms with Gasteiger partial charge >= 0.3 is 0 Å². The average Bonchev–Trinajstić information content (AvgIpc) is 2.78. The zero-order valence-corrected chi connectivity index (χ0v) is 10.5. The van der Waals surface area contributed by atoms with E-state index in [9.17, 15) is 0 Å². The van der Waals surface area contributed by atoms with Crippen molar-refractivity contribution < 1.29 is 4.74 Å². The third-order valence-corrected chi connectivity index (χ3v) is 3.53. The highest BCUT2D eigenvalue weighted by molar-refractivity contribution is 7.10. The van der Waals surface area contributed by atoms with Crippen molar-refractivity contribution in [2.75, 3.05) is 7.11 Å². The lowest BCUT2D eigenvalue weighted by Gasteiger charge is -2.01. The minimum absolute atomic E-state index is 0.490. The quantitative estimate of drug-likeness (QED) is 0.801. The molecule has 0 amide bonds. The van der Waals surface area contributed by atoms with Gasteiger partial charge in [0.05, 0.1) is 17.8 Å². The molecule has 1 aromatic heterocycles. The highest BCUT2D eigenvalue weighted by atomic mass is 32.1. The predicted octanol–water partition coefficient (Wildman–Crippen LogP) is 3.94. The normalized spacial score (nSPS) is 10.8. The molecule has 1 heterocycles. The number of benzene rings is 1. The summed E-state index contributed by atoms with van der Waals surface area (Å²) < 4.78 is 5.21. The second-order valence-corrected chi connectivity index (χ2v) is 4.85. The zero-order valence-electron chi connectivity index (χ0n) is 9.73. The Balaban J connectivity index is 2.34. The molecule has 0 saturated heterocycles. The monoisotopic (exact) mass is 233 g/mol. The standard InChI is InChI=1S/C13H15NOS/c1-9(2)13-14-12(8-16-13)10-5-4-6-11(7-10)15-3/h4-9H,1-3H3. The van der Waals surface area contributed by atoms with Crippen molar-refractivity contribution in [3.63, 3.8) is 0 Å². The Morgan fingerprint density at radius 1 is 1.31 bits per heavy atom. The predicted molar refractivity (Wildman–Crippen MR) is 68.2 cm³/mol. The molecule has 0 aliphatic heterocycles. The minimum Gasteiger partial charge on any atom is -0.497 e. The van der Waals surface area contributed by atoms with Crippen LogP contribution in [0.3, 0.4) is 0 Å². The Hall–Kier alpha value is -1.35. The van der Waals surface area contributed by atoms with Gasteiger partial charge < -0.3 is 4.74 Å². The summed E-state index contributed by atoms with van der Waals surface area (Å²) in [5.74, 6) is 1.36. The summed E-state index contributed by atoms with van der Waals surface area (Å²) in [6, 6.07) is 8.00. The maximum absolute atomic E-state index is 5.21. The molecule has 16 heavy (non-hydrogen) atoms. The molecule has 0 fully saturated rings. The second kappa shape index (κ2) is 4.66. The Bertz CT molecular complexity index is 476. The lowest BCUT2D eigenvalue weighted by Crippen LogP contribution is -1.86. The minimum atomic E-state index is 0.490. The van der Waals surface area contributed by atoms with Crippen molar-refractivity contribution in [1.29, 1.82) is 0 Å². The maximum Gasteiger partial charge on any atom is 0.119 e. The van der Waals surface area contributed by atoms with Crippen molar-refractivity contribution in [2.45, 2.75) is 19.8 Å². The first kappa shape index (κ1) is 11.1. The van der Waals surface area contributed by atoms with Crippen molar-refractivity contribution >= 4 is 11.3 Å². The van der Waals surface area contributed by atoms with Crippen LogP contribution in [-0.4, -0.2) is 12.1 Å². The molecule has 2 aromatic rings. The first-order chi connectivity index (χ1) is 7.70. The van der Waals surface area contributed by atoms with Crippen LogP contribution in [0, 0.1) is 0 Å². The van der Waals surface area contributed by atoms with E-state index in [1.807, 2.05) is 18.2 Å². The topological polar surface area (TPSA) is 22.1 Å². The van der Waals surface area contributed by atoms with E-state index in [0.29, 0.717) is 5.92 Å². The summed E-state index contributed by atoms with van der Waals surface area (Å²) >= 11 is 1.71. The van der Waals surface area contributed by atoms with E-state index in [1.54, 1.807) is 18.4 Å². The molecule has 0 spiro atoms.